The van der Waals surface area contributed by atoms with Crippen molar-refractivity contribution in [1.29, 1.82) is 0 Å². The highest BCUT2D eigenvalue weighted by Crippen LogP contribution is 2.49. The molecule has 6 nitrogen and oxygen atoms in total. The van der Waals surface area contributed by atoms with E-state index in [0.29, 0.717) is 22.6 Å². The van der Waals surface area contributed by atoms with Gasteiger partial charge in [-0.25, -0.2) is 13.8 Å². The second kappa shape index (κ2) is 10.3. The fourth-order valence-electron chi connectivity index (χ4n) is 6.21. The van der Waals surface area contributed by atoms with E-state index in [2.05, 4.69) is 0 Å². The van der Waals surface area contributed by atoms with Gasteiger partial charge in [0.25, 0.3) is 11.8 Å². The van der Waals surface area contributed by atoms with Crippen LogP contribution >= 0.6 is 0 Å². The monoisotopic (exact) mass is 583 g/mol. The fourth-order valence-corrected chi connectivity index (χ4v) is 6.21. The van der Waals surface area contributed by atoms with Gasteiger partial charge < -0.3 is 0 Å². The largest absolute Gasteiger partial charge is 0.407 e. The summed E-state index contributed by atoms with van der Waals surface area (Å²) in [4.78, 5) is 41.0. The van der Waals surface area contributed by atoms with E-state index in [1.165, 1.54) is 36.4 Å². The molecule has 218 valence electrons. The molecule has 0 bridgehead atoms. The van der Waals surface area contributed by atoms with Crippen molar-refractivity contribution >= 4 is 17.7 Å². The van der Waals surface area contributed by atoms with Gasteiger partial charge in [0.05, 0.1) is 23.1 Å². The standard InChI is InChI=1S/C31H26F5N3O3/c1-2-3-6-23-25(33)12-11-20-19-10-9-17(32)13-24(19)27(26(20)23)30(42)38(16-31(34,35)36)37-14-18(15-37)39-28(40)21-7-4-5-8-22(21)29(39)41/h4-5,7-13,18,27H,2-3,6,14-16H2,1H3. The van der Waals surface area contributed by atoms with E-state index in [0.717, 1.165) is 22.4 Å². The van der Waals surface area contributed by atoms with Gasteiger partial charge in [-0.3, -0.25) is 24.3 Å². The molecular formula is C31H26F5N3O3. The topological polar surface area (TPSA) is 60.9 Å². The zero-order chi connectivity index (χ0) is 29.9. The molecule has 1 unspecified atom stereocenters. The predicted molar refractivity (Wildman–Crippen MR) is 142 cm³/mol. The number of fused-ring (bicyclic) bond motifs is 4. The van der Waals surface area contributed by atoms with Crippen molar-refractivity contribution in [3.05, 3.63) is 94.0 Å². The van der Waals surface area contributed by atoms with Crippen LogP contribution in [-0.4, -0.2) is 64.5 Å². The maximum atomic E-state index is 15.2. The first-order valence-corrected chi connectivity index (χ1v) is 13.7. The number of amides is 3. The highest BCUT2D eigenvalue weighted by molar-refractivity contribution is 6.21. The Labute approximate surface area is 238 Å². The minimum Gasteiger partial charge on any atom is -0.272 e. The Morgan fingerprint density at radius 1 is 0.929 bits per heavy atom. The molecule has 1 saturated heterocycles. The molecule has 0 saturated carbocycles. The fraction of sp³-hybridized carbons (Fsp3) is 0.323. The molecule has 1 fully saturated rings. The van der Waals surface area contributed by atoms with Crippen LogP contribution in [0.3, 0.4) is 0 Å². The molecule has 0 radical (unpaired) electrons. The van der Waals surface area contributed by atoms with Crippen molar-refractivity contribution < 1.29 is 36.3 Å². The van der Waals surface area contributed by atoms with Gasteiger partial charge in [0.2, 0.25) is 5.91 Å². The number of benzene rings is 3. The summed E-state index contributed by atoms with van der Waals surface area (Å²) in [5, 5.41) is 1.70. The van der Waals surface area contributed by atoms with Gasteiger partial charge in [0.15, 0.2) is 0 Å². The molecule has 1 atom stereocenters. The number of hydrogen-bond donors (Lipinski definition) is 0. The summed E-state index contributed by atoms with van der Waals surface area (Å²) in [6, 6.07) is 12.0. The zero-order valence-corrected chi connectivity index (χ0v) is 22.5. The maximum absolute atomic E-state index is 15.2. The van der Waals surface area contributed by atoms with Gasteiger partial charge in [-0.2, -0.15) is 13.2 Å². The average Bonchev–Trinajstić information content (AvgIpc) is 3.37. The molecule has 3 aromatic rings. The zero-order valence-electron chi connectivity index (χ0n) is 22.5. The Morgan fingerprint density at radius 3 is 2.19 bits per heavy atom. The normalized spacial score (nSPS) is 18.1. The van der Waals surface area contributed by atoms with Crippen LogP contribution in [-0.2, 0) is 11.2 Å². The molecular weight excluding hydrogens is 557 g/mol. The third kappa shape index (κ3) is 4.56. The number of nitrogens with zero attached hydrogens (tertiary/aromatic N) is 3. The lowest BCUT2D eigenvalue weighted by Gasteiger charge is -2.48. The Bertz CT molecular complexity index is 1580. The second-order valence-corrected chi connectivity index (χ2v) is 10.8. The maximum Gasteiger partial charge on any atom is 0.407 e. The Kier molecular flexibility index (Phi) is 6.87. The summed E-state index contributed by atoms with van der Waals surface area (Å²) in [5.41, 5.74) is 2.02. The van der Waals surface area contributed by atoms with Crippen LogP contribution in [0.2, 0.25) is 0 Å². The molecule has 3 aliphatic rings. The summed E-state index contributed by atoms with van der Waals surface area (Å²) in [6.07, 6.45) is -3.23. The molecule has 0 aromatic heterocycles. The summed E-state index contributed by atoms with van der Waals surface area (Å²) < 4.78 is 71.3. The Balaban J connectivity index is 1.35. The number of imide groups is 1. The van der Waals surface area contributed by atoms with Crippen molar-refractivity contribution in [3.63, 3.8) is 0 Å². The first-order chi connectivity index (χ1) is 20.0. The Hall–Kier alpha value is -4.12. The lowest BCUT2D eigenvalue weighted by Crippen LogP contribution is -2.68. The van der Waals surface area contributed by atoms with Crippen LogP contribution in [0.15, 0.2) is 54.6 Å². The van der Waals surface area contributed by atoms with E-state index >= 15 is 4.39 Å². The van der Waals surface area contributed by atoms with Crippen molar-refractivity contribution in [2.45, 2.75) is 44.3 Å². The van der Waals surface area contributed by atoms with Gasteiger partial charge in [0, 0.05) is 13.1 Å². The van der Waals surface area contributed by atoms with Crippen LogP contribution in [0.5, 0.6) is 0 Å². The average molecular weight is 584 g/mol. The quantitative estimate of drug-likeness (QED) is 0.264. The van der Waals surface area contributed by atoms with E-state index in [4.69, 9.17) is 0 Å². The number of halogens is 5. The number of carbonyl (C=O) groups is 3. The Morgan fingerprint density at radius 2 is 1.57 bits per heavy atom. The van der Waals surface area contributed by atoms with Gasteiger partial charge >= 0.3 is 6.18 Å². The van der Waals surface area contributed by atoms with Crippen molar-refractivity contribution in [3.8, 4) is 11.1 Å². The summed E-state index contributed by atoms with van der Waals surface area (Å²) in [5.74, 6) is -4.69. The molecule has 11 heteroatoms. The predicted octanol–water partition coefficient (Wildman–Crippen LogP) is 5.71. The van der Waals surface area contributed by atoms with Crippen molar-refractivity contribution in [1.82, 2.24) is 14.9 Å². The lowest BCUT2D eigenvalue weighted by molar-refractivity contribution is -0.206. The minimum absolute atomic E-state index is 0.169. The van der Waals surface area contributed by atoms with Gasteiger partial charge in [-0.1, -0.05) is 37.6 Å². The second-order valence-electron chi connectivity index (χ2n) is 10.8. The van der Waals surface area contributed by atoms with E-state index in [1.807, 2.05) is 6.92 Å². The summed E-state index contributed by atoms with van der Waals surface area (Å²) >= 11 is 0. The lowest BCUT2D eigenvalue weighted by atomic mass is 9.89. The number of rotatable bonds is 7. The molecule has 0 spiro atoms. The number of hydrogen-bond acceptors (Lipinski definition) is 4. The SMILES string of the molecule is CCCCc1c(F)ccc2c1C(C(=O)N(CC(F)(F)F)N1CC(N3C(=O)c4ccccc4C3=O)C1)c1cc(F)ccc1-2. The van der Waals surface area contributed by atoms with E-state index < -0.39 is 54.0 Å². The number of carbonyl (C=O) groups excluding carboxylic acids is 3. The van der Waals surface area contributed by atoms with Crippen LogP contribution in [0.4, 0.5) is 22.0 Å². The van der Waals surface area contributed by atoms with Crippen LogP contribution < -0.4 is 0 Å². The third-order valence-electron chi connectivity index (χ3n) is 8.19. The molecule has 42 heavy (non-hydrogen) atoms. The number of alkyl halides is 3. The van der Waals surface area contributed by atoms with E-state index in [1.54, 1.807) is 12.1 Å². The van der Waals surface area contributed by atoms with Gasteiger partial charge in [-0.15, -0.1) is 0 Å². The first kappa shape index (κ1) is 28.0. The molecule has 2 aliphatic heterocycles. The minimum atomic E-state index is -4.80. The van der Waals surface area contributed by atoms with E-state index in [9.17, 15) is 31.9 Å². The number of unbranched alkanes of at least 4 members (excludes halogenated alkanes) is 1. The van der Waals surface area contributed by atoms with Gasteiger partial charge in [-0.05, 0) is 71.0 Å². The number of hydrazine groups is 1. The molecule has 3 amide bonds. The third-order valence-corrected chi connectivity index (χ3v) is 8.19. The van der Waals surface area contributed by atoms with Crippen LogP contribution in [0, 0.1) is 11.6 Å². The van der Waals surface area contributed by atoms with E-state index in [-0.39, 0.29) is 47.3 Å². The highest BCUT2D eigenvalue weighted by Gasteiger charge is 2.50. The summed E-state index contributed by atoms with van der Waals surface area (Å²) in [6.45, 7) is -0.131. The molecule has 0 N–H and O–H groups in total. The van der Waals surface area contributed by atoms with Crippen molar-refractivity contribution in [2.75, 3.05) is 19.6 Å². The van der Waals surface area contributed by atoms with Crippen LogP contribution in [0.1, 0.15) is 63.1 Å². The molecule has 1 aliphatic carbocycles. The molecule has 3 aromatic carbocycles. The van der Waals surface area contributed by atoms with Crippen molar-refractivity contribution in [2.24, 2.45) is 0 Å². The molecule has 6 rings (SSSR count). The van der Waals surface area contributed by atoms with Crippen LogP contribution in [0.25, 0.3) is 11.1 Å². The summed E-state index contributed by atoms with van der Waals surface area (Å²) in [7, 11) is 0. The van der Waals surface area contributed by atoms with Gasteiger partial charge in [0.1, 0.15) is 18.2 Å². The molecule has 2 heterocycles. The highest BCUT2D eigenvalue weighted by atomic mass is 19.4. The smallest absolute Gasteiger partial charge is 0.272 e. The first-order valence-electron chi connectivity index (χ1n) is 13.7.